The summed E-state index contributed by atoms with van der Waals surface area (Å²) in [6, 6.07) is 14.6. The Bertz CT molecular complexity index is 649. The van der Waals surface area contributed by atoms with Crippen molar-refractivity contribution in [1.82, 2.24) is 5.32 Å². The lowest BCUT2D eigenvalue weighted by atomic mass is 10.1. The van der Waals surface area contributed by atoms with Crippen molar-refractivity contribution < 1.29 is 4.79 Å². The van der Waals surface area contributed by atoms with Crippen molar-refractivity contribution in [3.05, 3.63) is 64.7 Å². The maximum absolute atomic E-state index is 12.2. The van der Waals surface area contributed by atoms with Gasteiger partial charge in [-0.3, -0.25) is 4.79 Å². The Hall–Kier alpha value is -1.74. The zero-order valence-electron chi connectivity index (χ0n) is 13.6. The van der Waals surface area contributed by atoms with E-state index in [4.69, 9.17) is 0 Å². The summed E-state index contributed by atoms with van der Waals surface area (Å²) in [5, 5.41) is 2.90. The van der Waals surface area contributed by atoms with E-state index in [-0.39, 0.29) is 11.2 Å². The van der Waals surface area contributed by atoms with Gasteiger partial charge in [0, 0.05) is 11.4 Å². The monoisotopic (exact) mass is 313 g/mol. The molecule has 2 rings (SSSR count). The predicted octanol–water partition coefficient (Wildman–Crippen LogP) is 4.41. The van der Waals surface area contributed by atoms with Gasteiger partial charge in [-0.1, -0.05) is 47.5 Å². The lowest BCUT2D eigenvalue weighted by molar-refractivity contribution is -0.120. The van der Waals surface area contributed by atoms with Gasteiger partial charge in [-0.2, -0.15) is 0 Å². The first-order chi connectivity index (χ1) is 10.5. The third kappa shape index (κ3) is 4.63. The first-order valence-electron chi connectivity index (χ1n) is 7.53. The van der Waals surface area contributed by atoms with E-state index in [1.54, 1.807) is 11.8 Å². The molecule has 1 unspecified atom stereocenters. The molecule has 0 saturated carbocycles. The van der Waals surface area contributed by atoms with Crippen molar-refractivity contribution in [2.24, 2.45) is 0 Å². The Morgan fingerprint density at radius 2 is 1.68 bits per heavy atom. The minimum Gasteiger partial charge on any atom is -0.351 e. The fourth-order valence-electron chi connectivity index (χ4n) is 2.21. The SMILES string of the molecule is Cc1ccc(CNC(=O)C(C)Sc2ccc(C)cc2C)cc1. The van der Waals surface area contributed by atoms with E-state index in [9.17, 15) is 4.79 Å². The molecule has 2 nitrogen and oxygen atoms in total. The van der Waals surface area contributed by atoms with Crippen molar-refractivity contribution in [3.63, 3.8) is 0 Å². The molecule has 3 heteroatoms. The highest BCUT2D eigenvalue weighted by Crippen LogP contribution is 2.27. The number of hydrogen-bond donors (Lipinski definition) is 1. The molecule has 0 aliphatic heterocycles. The number of amides is 1. The normalized spacial score (nSPS) is 12.0. The summed E-state index contributed by atoms with van der Waals surface area (Å²) in [5.74, 6) is 0.0746. The number of carbonyl (C=O) groups excluding carboxylic acids is 1. The molecule has 0 spiro atoms. The van der Waals surface area contributed by atoms with Gasteiger partial charge in [-0.05, 0) is 44.9 Å². The molecular formula is C19H23NOS. The molecule has 0 aromatic heterocycles. The van der Waals surface area contributed by atoms with Gasteiger partial charge in [0.1, 0.15) is 0 Å². The largest absolute Gasteiger partial charge is 0.351 e. The van der Waals surface area contributed by atoms with E-state index < -0.39 is 0 Å². The second kappa shape index (κ2) is 7.50. The Labute approximate surface area is 137 Å². The van der Waals surface area contributed by atoms with Crippen molar-refractivity contribution in [2.45, 2.75) is 44.4 Å². The molecule has 1 amide bonds. The summed E-state index contributed by atoms with van der Waals surface area (Å²) in [5.41, 5.74) is 4.83. The van der Waals surface area contributed by atoms with Gasteiger partial charge in [-0.25, -0.2) is 0 Å². The van der Waals surface area contributed by atoms with E-state index in [2.05, 4.69) is 68.6 Å². The second-order valence-electron chi connectivity index (χ2n) is 5.73. The maximum atomic E-state index is 12.2. The fourth-order valence-corrected chi connectivity index (χ4v) is 3.18. The van der Waals surface area contributed by atoms with Crippen LogP contribution in [0.4, 0.5) is 0 Å². The highest BCUT2D eigenvalue weighted by Gasteiger charge is 2.15. The van der Waals surface area contributed by atoms with E-state index in [1.165, 1.54) is 21.6 Å². The Balaban J connectivity index is 1.90. The predicted molar refractivity (Wildman–Crippen MR) is 94.3 cm³/mol. The fraction of sp³-hybridized carbons (Fsp3) is 0.316. The number of nitrogens with one attached hydrogen (secondary N) is 1. The molecule has 1 N–H and O–H groups in total. The summed E-state index contributed by atoms with van der Waals surface area (Å²) >= 11 is 1.61. The van der Waals surface area contributed by atoms with Crippen molar-refractivity contribution in [3.8, 4) is 0 Å². The first kappa shape index (κ1) is 16.6. The highest BCUT2D eigenvalue weighted by atomic mass is 32.2. The molecule has 0 saturated heterocycles. The van der Waals surface area contributed by atoms with Gasteiger partial charge in [0.15, 0.2) is 0 Å². The molecule has 116 valence electrons. The van der Waals surface area contributed by atoms with Crippen LogP contribution in [0.25, 0.3) is 0 Å². The van der Waals surface area contributed by atoms with Gasteiger partial charge in [0.2, 0.25) is 5.91 Å². The third-order valence-electron chi connectivity index (χ3n) is 3.59. The van der Waals surface area contributed by atoms with E-state index in [1.807, 2.05) is 6.92 Å². The van der Waals surface area contributed by atoms with Crippen LogP contribution in [0.3, 0.4) is 0 Å². The van der Waals surface area contributed by atoms with Crippen molar-refractivity contribution in [1.29, 1.82) is 0 Å². The van der Waals surface area contributed by atoms with Gasteiger partial charge in [-0.15, -0.1) is 11.8 Å². The van der Waals surface area contributed by atoms with Crippen LogP contribution in [0.5, 0.6) is 0 Å². The number of carbonyl (C=O) groups is 1. The number of thioether (sulfide) groups is 1. The Morgan fingerprint density at radius 1 is 1.05 bits per heavy atom. The quantitative estimate of drug-likeness (QED) is 0.829. The molecule has 0 radical (unpaired) electrons. The molecule has 0 aliphatic rings. The van der Waals surface area contributed by atoms with Crippen LogP contribution in [0, 0.1) is 20.8 Å². The highest BCUT2D eigenvalue weighted by molar-refractivity contribution is 8.00. The van der Waals surface area contributed by atoms with Crippen molar-refractivity contribution >= 4 is 17.7 Å². The average molecular weight is 313 g/mol. The lowest BCUT2D eigenvalue weighted by Gasteiger charge is -2.14. The molecule has 2 aromatic carbocycles. The van der Waals surface area contributed by atoms with Crippen LogP contribution >= 0.6 is 11.8 Å². The zero-order valence-corrected chi connectivity index (χ0v) is 14.5. The zero-order chi connectivity index (χ0) is 16.1. The van der Waals surface area contributed by atoms with Gasteiger partial charge < -0.3 is 5.32 Å². The van der Waals surface area contributed by atoms with Crippen LogP contribution < -0.4 is 5.32 Å². The molecule has 0 aliphatic carbocycles. The summed E-state index contributed by atoms with van der Waals surface area (Å²) in [6.07, 6.45) is 0. The molecule has 22 heavy (non-hydrogen) atoms. The standard InChI is InChI=1S/C19H23NOS/c1-13-5-8-17(9-6-13)12-20-19(21)16(4)22-18-10-7-14(2)11-15(18)3/h5-11,16H,12H2,1-4H3,(H,20,21). The number of rotatable bonds is 5. The first-order valence-corrected chi connectivity index (χ1v) is 8.41. The molecule has 2 aromatic rings. The summed E-state index contributed by atoms with van der Waals surface area (Å²) in [4.78, 5) is 13.4. The lowest BCUT2D eigenvalue weighted by Crippen LogP contribution is -2.30. The number of aryl methyl sites for hydroxylation is 3. The van der Waals surface area contributed by atoms with Crippen LogP contribution in [0.2, 0.25) is 0 Å². The van der Waals surface area contributed by atoms with Crippen LogP contribution in [0.1, 0.15) is 29.2 Å². The average Bonchev–Trinajstić information content (AvgIpc) is 2.49. The Kier molecular flexibility index (Phi) is 5.67. The molecule has 0 heterocycles. The van der Waals surface area contributed by atoms with E-state index in [0.717, 1.165) is 5.56 Å². The maximum Gasteiger partial charge on any atom is 0.233 e. The van der Waals surface area contributed by atoms with Gasteiger partial charge >= 0.3 is 0 Å². The minimum atomic E-state index is -0.105. The van der Waals surface area contributed by atoms with Gasteiger partial charge in [0.05, 0.1) is 5.25 Å². The van der Waals surface area contributed by atoms with E-state index in [0.29, 0.717) is 6.54 Å². The van der Waals surface area contributed by atoms with Gasteiger partial charge in [0.25, 0.3) is 0 Å². The molecule has 1 atom stereocenters. The minimum absolute atomic E-state index is 0.0746. The molecule has 0 fully saturated rings. The summed E-state index contributed by atoms with van der Waals surface area (Å²) in [6.45, 7) is 8.77. The van der Waals surface area contributed by atoms with Crippen LogP contribution in [0.15, 0.2) is 47.4 Å². The number of hydrogen-bond acceptors (Lipinski definition) is 2. The van der Waals surface area contributed by atoms with Crippen LogP contribution in [-0.2, 0) is 11.3 Å². The smallest absolute Gasteiger partial charge is 0.233 e. The second-order valence-corrected chi connectivity index (χ2v) is 7.12. The van der Waals surface area contributed by atoms with E-state index >= 15 is 0 Å². The topological polar surface area (TPSA) is 29.1 Å². The summed E-state index contributed by atoms with van der Waals surface area (Å²) in [7, 11) is 0. The summed E-state index contributed by atoms with van der Waals surface area (Å²) < 4.78 is 0. The molecular weight excluding hydrogens is 290 g/mol. The van der Waals surface area contributed by atoms with Crippen molar-refractivity contribution in [2.75, 3.05) is 0 Å². The van der Waals surface area contributed by atoms with Crippen LogP contribution in [-0.4, -0.2) is 11.2 Å². The molecule has 0 bridgehead atoms. The number of benzene rings is 2. The Morgan fingerprint density at radius 3 is 2.32 bits per heavy atom. The third-order valence-corrected chi connectivity index (χ3v) is 4.87.